The largest absolute Gasteiger partial charge is 0.345 e. The van der Waals surface area contributed by atoms with Crippen LogP contribution in [-0.2, 0) is 16.6 Å². The molecule has 1 aromatic heterocycles. The topological polar surface area (TPSA) is 62.0 Å². The second-order valence-corrected chi connectivity index (χ2v) is 8.12. The quantitative estimate of drug-likeness (QED) is 0.706. The average molecular weight is 364 g/mol. The van der Waals surface area contributed by atoms with E-state index < -0.39 is 10.0 Å². The molecule has 0 spiro atoms. The summed E-state index contributed by atoms with van der Waals surface area (Å²) in [6, 6.07) is 17.2. The highest BCUT2D eigenvalue weighted by atomic mass is 32.2. The molecule has 0 aliphatic heterocycles. The van der Waals surface area contributed by atoms with Gasteiger partial charge < -0.3 is 4.98 Å². The fraction of sp³-hybridized carbons (Fsp3) is 0.143. The highest BCUT2D eigenvalue weighted by Crippen LogP contribution is 2.22. The van der Waals surface area contributed by atoms with Gasteiger partial charge in [-0.15, -0.1) is 0 Å². The number of fused-ring (bicyclic) bond motifs is 1. The molecule has 4 rings (SSSR count). The number of sulfonamides is 1. The van der Waals surface area contributed by atoms with Crippen molar-refractivity contribution in [1.82, 2.24) is 9.71 Å². The van der Waals surface area contributed by atoms with Crippen LogP contribution in [0.25, 0.3) is 16.5 Å². The van der Waals surface area contributed by atoms with E-state index in [2.05, 4.69) is 27.9 Å². The summed E-state index contributed by atoms with van der Waals surface area (Å²) in [5.74, 6) is 0. The molecule has 4 nitrogen and oxygen atoms in total. The molecular formula is C21H20N2O2S. The lowest BCUT2D eigenvalue weighted by molar-refractivity contribution is 0.578. The van der Waals surface area contributed by atoms with Crippen molar-refractivity contribution >= 4 is 26.5 Å². The van der Waals surface area contributed by atoms with Crippen LogP contribution in [0.3, 0.4) is 0 Å². The second-order valence-electron chi connectivity index (χ2n) is 6.38. The maximum Gasteiger partial charge on any atom is 0.256 e. The van der Waals surface area contributed by atoms with Crippen LogP contribution in [0.1, 0.15) is 24.0 Å². The highest BCUT2D eigenvalue weighted by molar-refractivity contribution is 7.89. The minimum Gasteiger partial charge on any atom is -0.345 e. The van der Waals surface area contributed by atoms with E-state index in [4.69, 9.17) is 0 Å². The summed E-state index contributed by atoms with van der Waals surface area (Å²) < 4.78 is 27.7. The van der Waals surface area contributed by atoms with Gasteiger partial charge in [0.2, 0.25) is 0 Å². The monoisotopic (exact) mass is 364 g/mol. The van der Waals surface area contributed by atoms with Crippen molar-refractivity contribution in [1.29, 1.82) is 0 Å². The predicted octanol–water partition coefficient (Wildman–Crippen LogP) is 4.38. The van der Waals surface area contributed by atoms with Crippen LogP contribution in [-0.4, -0.2) is 13.4 Å². The fourth-order valence-corrected chi connectivity index (χ4v) is 4.13. The molecule has 0 fully saturated rings. The van der Waals surface area contributed by atoms with Crippen molar-refractivity contribution < 1.29 is 8.42 Å². The lowest BCUT2D eigenvalue weighted by atomic mass is 9.99. The van der Waals surface area contributed by atoms with Gasteiger partial charge in [-0.2, -0.15) is 0 Å². The van der Waals surface area contributed by atoms with Gasteiger partial charge in [0.25, 0.3) is 10.0 Å². The van der Waals surface area contributed by atoms with Gasteiger partial charge in [-0.05, 0) is 41.7 Å². The van der Waals surface area contributed by atoms with Crippen molar-refractivity contribution in [2.75, 3.05) is 0 Å². The van der Waals surface area contributed by atoms with Crippen LogP contribution < -0.4 is 4.72 Å². The highest BCUT2D eigenvalue weighted by Gasteiger charge is 2.16. The molecular weight excluding hydrogens is 344 g/mol. The van der Waals surface area contributed by atoms with Crippen molar-refractivity contribution in [3.8, 4) is 0 Å². The van der Waals surface area contributed by atoms with E-state index in [9.17, 15) is 8.42 Å². The summed E-state index contributed by atoms with van der Waals surface area (Å²) in [7, 11) is -3.58. The number of H-pyrrole nitrogens is 1. The Hall–Kier alpha value is -2.63. The molecule has 1 aliphatic rings. The first-order chi connectivity index (χ1) is 12.6. The zero-order valence-corrected chi connectivity index (χ0v) is 15.1. The lowest BCUT2D eigenvalue weighted by Crippen LogP contribution is -2.23. The maximum absolute atomic E-state index is 12.5. The first-order valence-corrected chi connectivity index (χ1v) is 10.1. The Bertz CT molecular complexity index is 1060. The predicted molar refractivity (Wildman–Crippen MR) is 105 cm³/mol. The number of hydrogen-bond donors (Lipinski definition) is 2. The Morgan fingerprint density at radius 3 is 2.54 bits per heavy atom. The van der Waals surface area contributed by atoms with E-state index in [-0.39, 0.29) is 11.6 Å². The molecule has 26 heavy (non-hydrogen) atoms. The van der Waals surface area contributed by atoms with E-state index >= 15 is 0 Å². The lowest BCUT2D eigenvalue weighted by Gasteiger charge is -2.09. The number of aromatic amines is 1. The van der Waals surface area contributed by atoms with Gasteiger partial charge in [-0.25, -0.2) is 13.1 Å². The smallest absolute Gasteiger partial charge is 0.256 e. The van der Waals surface area contributed by atoms with E-state index in [1.54, 1.807) is 6.07 Å². The Kier molecular flexibility index (Phi) is 4.49. The van der Waals surface area contributed by atoms with Gasteiger partial charge in [0.05, 0.1) is 0 Å². The molecule has 0 bridgehead atoms. The van der Waals surface area contributed by atoms with Crippen molar-refractivity contribution in [3.05, 3.63) is 84.0 Å². The molecule has 0 unspecified atom stereocenters. The molecule has 0 saturated carbocycles. The van der Waals surface area contributed by atoms with Crippen molar-refractivity contribution in [3.63, 3.8) is 0 Å². The molecule has 5 heteroatoms. The van der Waals surface area contributed by atoms with Gasteiger partial charge in [0.15, 0.2) is 0 Å². The molecule has 0 amide bonds. The average Bonchev–Trinajstić information content (AvgIpc) is 3.13. The third-order valence-corrected chi connectivity index (χ3v) is 5.87. The van der Waals surface area contributed by atoms with Gasteiger partial charge in [0.1, 0.15) is 5.03 Å². The molecule has 2 N–H and O–H groups in total. The Balaban J connectivity index is 1.47. The van der Waals surface area contributed by atoms with Crippen molar-refractivity contribution in [2.24, 2.45) is 0 Å². The Labute approximate surface area is 153 Å². The Morgan fingerprint density at radius 1 is 1.00 bits per heavy atom. The number of hydrogen-bond acceptors (Lipinski definition) is 2. The Morgan fingerprint density at radius 2 is 1.81 bits per heavy atom. The third-order valence-electron chi connectivity index (χ3n) is 4.54. The standard InChI is InChI=1S/C21H20N2O2S/c24-26(25,21-14-19-8-4-5-9-20(19)23-21)22-15-16-10-12-18(13-11-16)17-6-2-1-3-7-17/h2,4-14,22-23H,1,3,15H2. The van der Waals surface area contributed by atoms with Crippen molar-refractivity contribution in [2.45, 2.75) is 24.4 Å². The first kappa shape index (κ1) is 16.8. The van der Waals surface area contributed by atoms with Crippen LogP contribution in [0.15, 0.2) is 77.9 Å². The summed E-state index contributed by atoms with van der Waals surface area (Å²) in [6.45, 7) is 0.257. The molecule has 132 valence electrons. The summed E-state index contributed by atoms with van der Waals surface area (Å²) >= 11 is 0. The summed E-state index contributed by atoms with van der Waals surface area (Å²) in [5, 5.41) is 1.07. The zero-order chi connectivity index (χ0) is 18.0. The van der Waals surface area contributed by atoms with Crippen LogP contribution in [0.2, 0.25) is 0 Å². The van der Waals surface area contributed by atoms with Crippen LogP contribution in [0.5, 0.6) is 0 Å². The minimum atomic E-state index is -3.58. The summed E-state index contributed by atoms with van der Waals surface area (Å²) in [4.78, 5) is 2.96. The van der Waals surface area contributed by atoms with E-state index in [1.165, 1.54) is 5.57 Å². The zero-order valence-electron chi connectivity index (χ0n) is 14.3. The second kappa shape index (κ2) is 6.94. The van der Waals surface area contributed by atoms with Gasteiger partial charge in [0, 0.05) is 17.4 Å². The first-order valence-electron chi connectivity index (χ1n) is 8.65. The van der Waals surface area contributed by atoms with E-state index in [0.29, 0.717) is 0 Å². The molecule has 3 aromatic rings. The SMILES string of the molecule is O=S(=O)(NCc1ccc(C2=CCCC=C2)cc1)c1cc2ccccc2[nH]1. The maximum atomic E-state index is 12.5. The number of para-hydroxylation sites is 1. The third kappa shape index (κ3) is 3.49. The number of aromatic nitrogens is 1. The number of rotatable bonds is 5. The summed E-state index contributed by atoms with van der Waals surface area (Å²) in [6.07, 6.45) is 8.71. The van der Waals surface area contributed by atoms with E-state index in [1.807, 2.05) is 48.5 Å². The van der Waals surface area contributed by atoms with Gasteiger partial charge in [-0.1, -0.05) is 60.7 Å². The molecule has 0 radical (unpaired) electrons. The molecule has 0 atom stereocenters. The molecule has 1 aliphatic carbocycles. The molecule has 1 heterocycles. The molecule has 2 aromatic carbocycles. The fourth-order valence-electron chi connectivity index (χ4n) is 3.09. The van der Waals surface area contributed by atoms with Gasteiger partial charge in [-0.3, -0.25) is 0 Å². The van der Waals surface area contributed by atoms with Gasteiger partial charge >= 0.3 is 0 Å². The summed E-state index contributed by atoms with van der Waals surface area (Å²) in [5.41, 5.74) is 4.12. The number of benzene rings is 2. The van der Waals surface area contributed by atoms with Crippen LogP contribution >= 0.6 is 0 Å². The van der Waals surface area contributed by atoms with Crippen LogP contribution in [0, 0.1) is 0 Å². The van der Waals surface area contributed by atoms with E-state index in [0.717, 1.165) is 34.9 Å². The number of allylic oxidation sites excluding steroid dienone is 4. The minimum absolute atomic E-state index is 0.188. The van der Waals surface area contributed by atoms with Crippen LogP contribution in [0.4, 0.5) is 0 Å². The number of nitrogens with one attached hydrogen (secondary N) is 2. The normalized spacial score (nSPS) is 14.5. The molecule has 0 saturated heterocycles.